The Hall–Kier alpha value is -3.26. The highest BCUT2D eigenvalue weighted by molar-refractivity contribution is 6.02. The van der Waals surface area contributed by atoms with Crippen molar-refractivity contribution >= 4 is 16.8 Å². The van der Waals surface area contributed by atoms with Crippen LogP contribution in [-0.4, -0.2) is 25.0 Å². The lowest BCUT2D eigenvalue weighted by atomic mass is 10.0. The summed E-state index contributed by atoms with van der Waals surface area (Å²) in [6.07, 6.45) is 0. The van der Waals surface area contributed by atoms with E-state index in [0.29, 0.717) is 11.3 Å². The average molecular weight is 305 g/mol. The minimum Gasteiger partial charge on any atom is -0.497 e. The summed E-state index contributed by atoms with van der Waals surface area (Å²) in [5.41, 5.74) is 3.65. The minimum atomic E-state index is -0.194. The molecule has 0 aliphatic carbocycles. The molecule has 0 saturated carbocycles. The van der Waals surface area contributed by atoms with E-state index in [1.807, 2.05) is 30.3 Å². The molecular weight excluding hydrogens is 290 g/mol. The molecule has 3 rings (SSSR count). The predicted octanol–water partition coefficient (Wildman–Crippen LogP) is 3.07. The Labute approximate surface area is 133 Å². The highest BCUT2D eigenvalue weighted by Gasteiger charge is 2.13. The van der Waals surface area contributed by atoms with Crippen LogP contribution in [0.3, 0.4) is 0 Å². The summed E-state index contributed by atoms with van der Waals surface area (Å²) >= 11 is 0. The van der Waals surface area contributed by atoms with Crippen LogP contribution in [0.15, 0.2) is 42.5 Å². The van der Waals surface area contributed by atoms with Crippen molar-refractivity contribution in [1.29, 1.82) is 5.26 Å². The third-order valence-corrected chi connectivity index (χ3v) is 3.73. The van der Waals surface area contributed by atoms with Crippen LogP contribution in [0.4, 0.5) is 0 Å². The molecule has 0 spiro atoms. The van der Waals surface area contributed by atoms with Crippen molar-refractivity contribution in [2.45, 2.75) is 0 Å². The maximum absolute atomic E-state index is 11.8. The van der Waals surface area contributed by atoms with Crippen molar-refractivity contribution in [2.75, 3.05) is 14.2 Å². The van der Waals surface area contributed by atoms with Gasteiger partial charge >= 0.3 is 0 Å². The van der Waals surface area contributed by atoms with Gasteiger partial charge in [-0.1, -0.05) is 12.1 Å². The van der Waals surface area contributed by atoms with E-state index in [1.165, 1.54) is 0 Å². The molecule has 2 N–H and O–H groups in total. The van der Waals surface area contributed by atoms with Gasteiger partial charge in [-0.2, -0.15) is 5.26 Å². The zero-order valence-electron chi connectivity index (χ0n) is 12.8. The zero-order chi connectivity index (χ0) is 16.4. The fraction of sp³-hybridized carbons (Fsp3) is 0.111. The van der Waals surface area contributed by atoms with E-state index in [1.54, 1.807) is 26.3 Å². The number of nitriles is 1. The van der Waals surface area contributed by atoms with Crippen molar-refractivity contribution in [2.24, 2.45) is 0 Å². The van der Waals surface area contributed by atoms with Crippen molar-refractivity contribution in [3.63, 3.8) is 0 Å². The number of hydrogen-bond donors (Lipinski definition) is 2. The van der Waals surface area contributed by atoms with E-state index in [-0.39, 0.29) is 5.91 Å². The highest BCUT2D eigenvalue weighted by Crippen LogP contribution is 2.31. The second kappa shape index (κ2) is 5.85. The number of aromatic nitrogens is 1. The van der Waals surface area contributed by atoms with Crippen LogP contribution >= 0.6 is 0 Å². The fourth-order valence-corrected chi connectivity index (χ4v) is 2.56. The summed E-state index contributed by atoms with van der Waals surface area (Å²) in [4.78, 5) is 15.0. The molecular formula is C18H15N3O2. The molecule has 3 aromatic rings. The number of rotatable bonds is 3. The van der Waals surface area contributed by atoms with Crippen LogP contribution in [-0.2, 0) is 0 Å². The molecule has 0 bridgehead atoms. The summed E-state index contributed by atoms with van der Waals surface area (Å²) in [6.45, 7) is 0. The zero-order valence-corrected chi connectivity index (χ0v) is 12.8. The van der Waals surface area contributed by atoms with Gasteiger partial charge in [-0.15, -0.1) is 0 Å². The topological polar surface area (TPSA) is 77.9 Å². The van der Waals surface area contributed by atoms with Crippen LogP contribution in [0, 0.1) is 11.3 Å². The van der Waals surface area contributed by atoms with Crippen LogP contribution in [0.1, 0.15) is 16.1 Å². The van der Waals surface area contributed by atoms with E-state index in [4.69, 9.17) is 4.74 Å². The Kier molecular flexibility index (Phi) is 3.73. The lowest BCUT2D eigenvalue weighted by Crippen LogP contribution is -2.17. The number of ether oxygens (including phenoxy) is 1. The number of aromatic amines is 1. The van der Waals surface area contributed by atoms with Crippen LogP contribution in [0.25, 0.3) is 22.0 Å². The first-order chi connectivity index (χ1) is 11.2. The molecule has 0 radical (unpaired) electrons. The largest absolute Gasteiger partial charge is 0.497 e. The maximum Gasteiger partial charge on any atom is 0.267 e. The highest BCUT2D eigenvalue weighted by atomic mass is 16.5. The van der Waals surface area contributed by atoms with Crippen molar-refractivity contribution in [3.05, 3.63) is 53.7 Å². The Morgan fingerprint density at radius 2 is 1.96 bits per heavy atom. The molecule has 2 aromatic carbocycles. The Bertz CT molecular complexity index is 918. The van der Waals surface area contributed by atoms with E-state index >= 15 is 0 Å². The predicted molar refractivity (Wildman–Crippen MR) is 88.4 cm³/mol. The lowest BCUT2D eigenvalue weighted by Gasteiger charge is -2.06. The van der Waals surface area contributed by atoms with E-state index < -0.39 is 0 Å². The number of hydrogen-bond acceptors (Lipinski definition) is 3. The monoisotopic (exact) mass is 305 g/mol. The third kappa shape index (κ3) is 2.62. The Balaban J connectivity index is 2.22. The first kappa shape index (κ1) is 14.7. The quantitative estimate of drug-likeness (QED) is 0.780. The van der Waals surface area contributed by atoms with Crippen LogP contribution < -0.4 is 10.1 Å². The molecule has 1 aromatic heterocycles. The number of carbonyl (C=O) groups excluding carboxylic acids is 1. The van der Waals surface area contributed by atoms with Crippen molar-refractivity contribution < 1.29 is 9.53 Å². The Morgan fingerprint density at radius 3 is 2.57 bits per heavy atom. The Morgan fingerprint density at radius 1 is 1.22 bits per heavy atom. The first-order valence-corrected chi connectivity index (χ1v) is 7.09. The molecule has 0 aliphatic rings. The maximum atomic E-state index is 11.8. The lowest BCUT2D eigenvalue weighted by molar-refractivity contribution is 0.0959. The number of amides is 1. The standard InChI is InChI=1S/C18H15N3O2/c1-20-18(22)16-9-13-7-11(10-19)8-15(17(13)21-16)12-3-5-14(23-2)6-4-12/h3-9,21H,1-2H3,(H,20,22). The number of nitrogens with one attached hydrogen (secondary N) is 2. The van der Waals surface area contributed by atoms with E-state index in [0.717, 1.165) is 27.8 Å². The van der Waals surface area contributed by atoms with Crippen LogP contribution in [0.2, 0.25) is 0 Å². The van der Waals surface area contributed by atoms with Gasteiger partial charge in [0.25, 0.3) is 5.91 Å². The number of H-pyrrole nitrogens is 1. The molecule has 5 nitrogen and oxygen atoms in total. The summed E-state index contributed by atoms with van der Waals surface area (Å²) < 4.78 is 5.17. The normalized spacial score (nSPS) is 10.3. The second-order valence-corrected chi connectivity index (χ2v) is 5.09. The second-order valence-electron chi connectivity index (χ2n) is 5.09. The number of carbonyl (C=O) groups is 1. The first-order valence-electron chi connectivity index (χ1n) is 7.09. The molecule has 1 heterocycles. The molecule has 23 heavy (non-hydrogen) atoms. The van der Waals surface area contributed by atoms with Gasteiger partial charge in [0.1, 0.15) is 11.4 Å². The summed E-state index contributed by atoms with van der Waals surface area (Å²) in [5.74, 6) is 0.569. The minimum absolute atomic E-state index is 0.194. The molecule has 5 heteroatoms. The van der Waals surface area contributed by atoms with Gasteiger partial charge in [0.15, 0.2) is 0 Å². The number of benzene rings is 2. The van der Waals surface area contributed by atoms with E-state index in [9.17, 15) is 10.1 Å². The fourth-order valence-electron chi connectivity index (χ4n) is 2.56. The van der Waals surface area contributed by atoms with Gasteiger partial charge in [-0.3, -0.25) is 4.79 Å². The van der Waals surface area contributed by atoms with Crippen molar-refractivity contribution in [3.8, 4) is 22.9 Å². The van der Waals surface area contributed by atoms with Gasteiger partial charge in [-0.25, -0.2) is 0 Å². The molecule has 0 saturated heterocycles. The van der Waals surface area contributed by atoms with Gasteiger partial charge in [0, 0.05) is 18.0 Å². The summed E-state index contributed by atoms with van der Waals surface area (Å²) in [7, 11) is 3.20. The average Bonchev–Trinajstić information content (AvgIpc) is 3.04. The third-order valence-electron chi connectivity index (χ3n) is 3.73. The number of nitrogens with zero attached hydrogens (tertiary/aromatic N) is 1. The molecule has 0 atom stereocenters. The number of fused-ring (bicyclic) bond motifs is 1. The molecule has 0 fully saturated rings. The SMILES string of the molecule is CNC(=O)c1cc2cc(C#N)cc(-c3ccc(OC)cc3)c2[nH]1. The molecule has 114 valence electrons. The van der Waals surface area contributed by atoms with Gasteiger partial charge in [-0.05, 0) is 35.9 Å². The van der Waals surface area contributed by atoms with Gasteiger partial charge in [0.05, 0.1) is 24.3 Å². The molecule has 1 amide bonds. The number of methoxy groups -OCH3 is 1. The summed E-state index contributed by atoms with van der Waals surface area (Å²) in [5, 5.41) is 12.7. The molecule has 0 unspecified atom stereocenters. The van der Waals surface area contributed by atoms with Crippen LogP contribution in [0.5, 0.6) is 5.75 Å². The molecule has 0 aliphatic heterocycles. The van der Waals surface area contributed by atoms with Crippen molar-refractivity contribution in [1.82, 2.24) is 10.3 Å². The van der Waals surface area contributed by atoms with E-state index in [2.05, 4.69) is 16.4 Å². The smallest absolute Gasteiger partial charge is 0.267 e. The summed E-state index contributed by atoms with van der Waals surface area (Å²) in [6, 6.07) is 15.1. The van der Waals surface area contributed by atoms with Gasteiger partial charge in [0.2, 0.25) is 0 Å². The van der Waals surface area contributed by atoms with Gasteiger partial charge < -0.3 is 15.0 Å².